The maximum absolute atomic E-state index is 12.4. The number of amides is 1. The highest BCUT2D eigenvalue weighted by Crippen LogP contribution is 2.18. The van der Waals surface area contributed by atoms with Crippen LogP contribution in [0, 0.1) is 0 Å². The number of sulfonamides is 1. The number of carbonyl (C=O) groups excluding carboxylic acids is 1. The first kappa shape index (κ1) is 14.0. The predicted molar refractivity (Wildman–Crippen MR) is 71.2 cm³/mol. The Balaban J connectivity index is 2.29. The topological polar surface area (TPSA) is 83.7 Å². The molecule has 0 aliphatic carbocycles. The van der Waals surface area contributed by atoms with Gasteiger partial charge in [0.25, 0.3) is 0 Å². The normalized spacial score (nSPS) is 18.4. The molecule has 7 heteroatoms. The van der Waals surface area contributed by atoms with E-state index >= 15 is 0 Å². The van der Waals surface area contributed by atoms with Gasteiger partial charge >= 0.3 is 0 Å². The molecule has 0 bridgehead atoms. The Morgan fingerprint density at radius 1 is 1.21 bits per heavy atom. The minimum atomic E-state index is -3.54. The average molecular weight is 283 g/mol. The van der Waals surface area contributed by atoms with Crippen LogP contribution in [0.4, 0.5) is 0 Å². The lowest BCUT2D eigenvalue weighted by Crippen LogP contribution is -2.47. The number of nitrogens with two attached hydrogens (primary N) is 1. The number of benzene rings is 1. The van der Waals surface area contributed by atoms with E-state index in [0.717, 1.165) is 0 Å². The quantitative estimate of drug-likeness (QED) is 0.827. The van der Waals surface area contributed by atoms with Crippen LogP contribution >= 0.6 is 0 Å². The molecule has 0 atom stereocenters. The van der Waals surface area contributed by atoms with E-state index in [1.807, 2.05) is 7.05 Å². The van der Waals surface area contributed by atoms with E-state index in [-0.39, 0.29) is 10.5 Å². The Morgan fingerprint density at radius 2 is 1.84 bits per heavy atom. The molecule has 0 radical (unpaired) electrons. The second kappa shape index (κ2) is 5.28. The van der Waals surface area contributed by atoms with E-state index < -0.39 is 15.9 Å². The number of carbonyl (C=O) groups is 1. The molecule has 104 valence electrons. The van der Waals surface area contributed by atoms with Gasteiger partial charge in [-0.3, -0.25) is 4.79 Å². The number of likely N-dealkylation sites (N-methyl/N-ethyl adjacent to an activating group) is 1. The van der Waals surface area contributed by atoms with Crippen molar-refractivity contribution in [2.24, 2.45) is 5.73 Å². The molecule has 0 saturated carbocycles. The number of nitrogens with zero attached hydrogens (tertiary/aromatic N) is 2. The Bertz CT molecular complexity index is 578. The second-order valence-corrected chi connectivity index (χ2v) is 6.54. The van der Waals surface area contributed by atoms with E-state index in [1.54, 1.807) is 0 Å². The number of piperazine rings is 1. The summed E-state index contributed by atoms with van der Waals surface area (Å²) >= 11 is 0. The van der Waals surface area contributed by atoms with Crippen LogP contribution in [0.15, 0.2) is 29.2 Å². The molecule has 1 amide bonds. The summed E-state index contributed by atoms with van der Waals surface area (Å²) in [6.07, 6.45) is 0. The van der Waals surface area contributed by atoms with Crippen LogP contribution in [0.1, 0.15) is 10.4 Å². The Morgan fingerprint density at radius 3 is 2.42 bits per heavy atom. The summed E-state index contributed by atoms with van der Waals surface area (Å²) in [5.74, 6) is -0.629. The van der Waals surface area contributed by atoms with Crippen molar-refractivity contribution in [3.8, 4) is 0 Å². The zero-order valence-corrected chi connectivity index (χ0v) is 11.6. The molecule has 6 nitrogen and oxygen atoms in total. The van der Waals surface area contributed by atoms with Crippen molar-refractivity contribution in [1.29, 1.82) is 0 Å². The molecule has 1 aromatic carbocycles. The Kier molecular flexibility index (Phi) is 3.88. The first-order valence-corrected chi connectivity index (χ1v) is 7.44. The number of primary amides is 1. The minimum absolute atomic E-state index is 0.119. The third-order valence-corrected chi connectivity index (χ3v) is 5.11. The van der Waals surface area contributed by atoms with Crippen molar-refractivity contribution in [2.75, 3.05) is 33.2 Å². The molecular weight excluding hydrogens is 266 g/mol. The van der Waals surface area contributed by atoms with Gasteiger partial charge in [-0.25, -0.2) is 8.42 Å². The molecule has 1 heterocycles. The van der Waals surface area contributed by atoms with Gasteiger partial charge in [-0.15, -0.1) is 0 Å². The fourth-order valence-corrected chi connectivity index (χ4v) is 3.46. The summed E-state index contributed by atoms with van der Waals surface area (Å²) in [5, 5.41) is 0. The maximum Gasteiger partial charge on any atom is 0.248 e. The summed E-state index contributed by atoms with van der Waals surface area (Å²) in [7, 11) is -1.59. The number of rotatable bonds is 3. The van der Waals surface area contributed by atoms with Gasteiger partial charge in [0.1, 0.15) is 0 Å². The molecule has 1 fully saturated rings. The number of hydrogen-bond acceptors (Lipinski definition) is 4. The van der Waals surface area contributed by atoms with Crippen LogP contribution in [-0.2, 0) is 10.0 Å². The van der Waals surface area contributed by atoms with E-state index in [0.29, 0.717) is 26.2 Å². The molecule has 1 aliphatic heterocycles. The molecule has 0 spiro atoms. The van der Waals surface area contributed by atoms with E-state index in [9.17, 15) is 13.2 Å². The van der Waals surface area contributed by atoms with Crippen LogP contribution in [-0.4, -0.2) is 56.8 Å². The van der Waals surface area contributed by atoms with Crippen molar-refractivity contribution < 1.29 is 13.2 Å². The van der Waals surface area contributed by atoms with Crippen LogP contribution in [0.25, 0.3) is 0 Å². The van der Waals surface area contributed by atoms with Gasteiger partial charge < -0.3 is 10.6 Å². The molecule has 1 saturated heterocycles. The fraction of sp³-hybridized carbons (Fsp3) is 0.417. The minimum Gasteiger partial charge on any atom is -0.366 e. The lowest BCUT2D eigenvalue weighted by atomic mass is 10.2. The summed E-state index contributed by atoms with van der Waals surface area (Å²) in [6, 6.07) is 5.85. The maximum atomic E-state index is 12.4. The van der Waals surface area contributed by atoms with Crippen molar-refractivity contribution in [1.82, 2.24) is 9.21 Å². The van der Waals surface area contributed by atoms with Gasteiger partial charge in [0, 0.05) is 31.7 Å². The summed E-state index contributed by atoms with van der Waals surface area (Å²) in [4.78, 5) is 13.3. The van der Waals surface area contributed by atoms with Gasteiger partial charge in [0.15, 0.2) is 0 Å². The zero-order valence-electron chi connectivity index (χ0n) is 10.7. The monoisotopic (exact) mass is 283 g/mol. The largest absolute Gasteiger partial charge is 0.366 e. The first-order chi connectivity index (χ1) is 8.91. The zero-order chi connectivity index (χ0) is 14.0. The van der Waals surface area contributed by atoms with Crippen LogP contribution in [0.3, 0.4) is 0 Å². The standard InChI is InChI=1S/C12H17N3O3S/c1-14-5-7-15(8-6-14)19(17,18)11-4-2-3-10(9-11)12(13)16/h2-4,9H,5-8H2,1H3,(H2,13,16). The second-order valence-electron chi connectivity index (χ2n) is 4.60. The SMILES string of the molecule is CN1CCN(S(=O)(=O)c2cccc(C(N)=O)c2)CC1. The van der Waals surface area contributed by atoms with Gasteiger partial charge in [0.2, 0.25) is 15.9 Å². The van der Waals surface area contributed by atoms with Crippen molar-refractivity contribution in [3.63, 3.8) is 0 Å². The molecule has 0 aromatic heterocycles. The first-order valence-electron chi connectivity index (χ1n) is 6.00. The molecule has 2 rings (SSSR count). The van der Waals surface area contributed by atoms with Crippen LogP contribution in [0.2, 0.25) is 0 Å². The number of hydrogen-bond donors (Lipinski definition) is 1. The third kappa shape index (κ3) is 2.94. The Hall–Kier alpha value is -1.44. The lowest BCUT2D eigenvalue weighted by Gasteiger charge is -2.31. The van der Waals surface area contributed by atoms with Crippen LogP contribution < -0.4 is 5.73 Å². The summed E-state index contributed by atoms with van der Waals surface area (Å²) in [6.45, 7) is 2.32. The molecule has 1 aliphatic rings. The van der Waals surface area contributed by atoms with Gasteiger partial charge in [-0.1, -0.05) is 6.07 Å². The molecule has 0 unspecified atom stereocenters. The Labute approximate surface area is 112 Å². The van der Waals surface area contributed by atoms with Crippen LogP contribution in [0.5, 0.6) is 0 Å². The highest BCUT2D eigenvalue weighted by molar-refractivity contribution is 7.89. The molecule has 19 heavy (non-hydrogen) atoms. The highest BCUT2D eigenvalue weighted by atomic mass is 32.2. The van der Waals surface area contributed by atoms with Crippen molar-refractivity contribution >= 4 is 15.9 Å². The third-order valence-electron chi connectivity index (χ3n) is 3.22. The smallest absolute Gasteiger partial charge is 0.248 e. The van der Waals surface area contributed by atoms with Gasteiger partial charge in [0.05, 0.1) is 4.90 Å². The highest BCUT2D eigenvalue weighted by Gasteiger charge is 2.27. The fourth-order valence-electron chi connectivity index (χ4n) is 1.99. The van der Waals surface area contributed by atoms with E-state index in [1.165, 1.54) is 28.6 Å². The predicted octanol–water partition coefficient (Wildman–Crippen LogP) is -0.278. The lowest BCUT2D eigenvalue weighted by molar-refractivity contribution is 0.1000. The van der Waals surface area contributed by atoms with Gasteiger partial charge in [-0.2, -0.15) is 4.31 Å². The van der Waals surface area contributed by atoms with Crippen molar-refractivity contribution in [2.45, 2.75) is 4.90 Å². The summed E-state index contributed by atoms with van der Waals surface area (Å²) in [5.41, 5.74) is 5.37. The molecule has 1 aromatic rings. The van der Waals surface area contributed by atoms with E-state index in [4.69, 9.17) is 5.73 Å². The van der Waals surface area contributed by atoms with E-state index in [2.05, 4.69) is 4.90 Å². The molecular formula is C12H17N3O3S. The van der Waals surface area contributed by atoms with Crippen molar-refractivity contribution in [3.05, 3.63) is 29.8 Å². The molecule has 2 N–H and O–H groups in total. The van der Waals surface area contributed by atoms with Gasteiger partial charge in [-0.05, 0) is 25.2 Å². The average Bonchev–Trinajstić information content (AvgIpc) is 2.39. The summed E-state index contributed by atoms with van der Waals surface area (Å²) < 4.78 is 26.3.